The summed E-state index contributed by atoms with van der Waals surface area (Å²) < 4.78 is 11.6. The number of halogens is 1. The Morgan fingerprint density at radius 2 is 1.83 bits per heavy atom. The number of benzene rings is 2. The van der Waals surface area contributed by atoms with E-state index < -0.39 is 5.91 Å². The van der Waals surface area contributed by atoms with Gasteiger partial charge in [-0.1, -0.05) is 23.7 Å². The molecule has 0 unspecified atom stereocenters. The second-order valence-electron chi connectivity index (χ2n) is 7.88. The van der Waals surface area contributed by atoms with Gasteiger partial charge in [0.05, 0.1) is 0 Å². The number of rotatable bonds is 5. The van der Waals surface area contributed by atoms with Gasteiger partial charge in [-0.2, -0.15) is 0 Å². The second-order valence-corrected chi connectivity index (χ2v) is 8.70. The van der Waals surface area contributed by atoms with Gasteiger partial charge in [-0.15, -0.1) is 0 Å². The summed E-state index contributed by atoms with van der Waals surface area (Å²) in [5.74, 6) is 1.28. The standard InChI is InChI=1S/C27H19ClN4O3S/c1-16-2-3-18(14-21(16)28)23-8-5-20(34-23)6-9-25(33)32-27(36)30-19-4-7-24-22(15-19)31-26(35-24)17-10-12-29-13-11-17/h2-15H,1H3,(H2,30,32,33,36)/b9-6+. The molecule has 1 amide bonds. The van der Waals surface area contributed by atoms with Crippen LogP contribution in [-0.2, 0) is 4.79 Å². The largest absolute Gasteiger partial charge is 0.457 e. The maximum atomic E-state index is 12.3. The number of hydrogen-bond donors (Lipinski definition) is 2. The molecular weight excluding hydrogens is 496 g/mol. The molecule has 5 rings (SSSR count). The minimum Gasteiger partial charge on any atom is -0.457 e. The molecule has 0 radical (unpaired) electrons. The number of carbonyl (C=O) groups is 1. The molecule has 0 spiro atoms. The molecule has 0 bridgehead atoms. The number of fused-ring (bicyclic) bond motifs is 1. The topological polar surface area (TPSA) is 93.2 Å². The Morgan fingerprint density at radius 1 is 1.00 bits per heavy atom. The number of hydrogen-bond acceptors (Lipinski definition) is 6. The van der Waals surface area contributed by atoms with Crippen molar-refractivity contribution >= 4 is 57.7 Å². The number of carbonyl (C=O) groups excluding carboxylic acids is 1. The van der Waals surface area contributed by atoms with Crippen LogP contribution in [0.4, 0.5) is 5.69 Å². The van der Waals surface area contributed by atoms with Gasteiger partial charge in [-0.25, -0.2) is 4.98 Å². The van der Waals surface area contributed by atoms with Crippen molar-refractivity contribution in [3.63, 3.8) is 0 Å². The van der Waals surface area contributed by atoms with E-state index in [-0.39, 0.29) is 5.11 Å². The molecule has 5 aromatic rings. The fourth-order valence-corrected chi connectivity index (χ4v) is 3.84. The summed E-state index contributed by atoms with van der Waals surface area (Å²) in [6.45, 7) is 1.94. The van der Waals surface area contributed by atoms with Gasteiger partial charge in [0.15, 0.2) is 10.7 Å². The molecule has 0 aliphatic heterocycles. The normalized spacial score (nSPS) is 11.2. The van der Waals surface area contributed by atoms with Crippen LogP contribution in [0.15, 0.2) is 88.0 Å². The Hall–Kier alpha value is -4.27. The minimum atomic E-state index is -0.397. The van der Waals surface area contributed by atoms with Gasteiger partial charge < -0.3 is 14.2 Å². The first-order chi connectivity index (χ1) is 17.4. The van der Waals surface area contributed by atoms with Gasteiger partial charge in [-0.05, 0) is 79.3 Å². The molecule has 9 heteroatoms. The highest BCUT2D eigenvalue weighted by Gasteiger charge is 2.10. The third-order valence-electron chi connectivity index (χ3n) is 5.29. The molecule has 0 aliphatic rings. The maximum Gasteiger partial charge on any atom is 0.250 e. The van der Waals surface area contributed by atoms with Crippen molar-refractivity contribution in [2.75, 3.05) is 5.32 Å². The predicted molar refractivity (Wildman–Crippen MR) is 145 cm³/mol. The van der Waals surface area contributed by atoms with Crippen molar-refractivity contribution in [2.24, 2.45) is 0 Å². The van der Waals surface area contributed by atoms with Gasteiger partial charge in [0.2, 0.25) is 11.8 Å². The molecule has 0 saturated carbocycles. The minimum absolute atomic E-state index is 0.149. The van der Waals surface area contributed by atoms with E-state index in [2.05, 4.69) is 20.6 Å². The van der Waals surface area contributed by atoms with E-state index in [1.54, 1.807) is 42.7 Å². The van der Waals surface area contributed by atoms with Gasteiger partial charge in [0.25, 0.3) is 0 Å². The molecule has 3 aromatic heterocycles. The third-order valence-corrected chi connectivity index (χ3v) is 5.90. The quantitative estimate of drug-likeness (QED) is 0.200. The Labute approximate surface area is 216 Å². The SMILES string of the molecule is Cc1ccc(-c2ccc(/C=C/C(=O)NC(=S)Nc3ccc4oc(-c5ccncc5)nc4c3)o2)cc1Cl. The van der Waals surface area contributed by atoms with Crippen LogP contribution in [-0.4, -0.2) is 21.0 Å². The van der Waals surface area contributed by atoms with E-state index in [1.807, 2.05) is 43.3 Å². The van der Waals surface area contributed by atoms with Crippen LogP contribution in [0, 0.1) is 6.92 Å². The summed E-state index contributed by atoms with van der Waals surface area (Å²) in [6.07, 6.45) is 6.27. The fraction of sp³-hybridized carbons (Fsp3) is 0.0370. The highest BCUT2D eigenvalue weighted by molar-refractivity contribution is 7.80. The summed E-state index contributed by atoms with van der Waals surface area (Å²) in [4.78, 5) is 20.8. The van der Waals surface area contributed by atoms with Gasteiger partial charge in [0.1, 0.15) is 17.0 Å². The average molecular weight is 515 g/mol. The van der Waals surface area contributed by atoms with E-state index in [0.29, 0.717) is 39.2 Å². The van der Waals surface area contributed by atoms with Crippen molar-refractivity contribution in [1.29, 1.82) is 0 Å². The zero-order valence-electron chi connectivity index (χ0n) is 19.0. The Bertz CT molecular complexity index is 1610. The van der Waals surface area contributed by atoms with E-state index in [0.717, 1.165) is 16.7 Å². The van der Waals surface area contributed by atoms with Crippen LogP contribution in [0.5, 0.6) is 0 Å². The summed E-state index contributed by atoms with van der Waals surface area (Å²) >= 11 is 11.5. The Balaban J connectivity index is 1.20. The summed E-state index contributed by atoms with van der Waals surface area (Å²) in [5, 5.41) is 6.41. The highest BCUT2D eigenvalue weighted by atomic mass is 35.5. The monoisotopic (exact) mass is 514 g/mol. The molecule has 7 nitrogen and oxygen atoms in total. The van der Waals surface area contributed by atoms with Crippen molar-refractivity contribution in [3.8, 4) is 22.8 Å². The molecule has 0 atom stereocenters. The van der Waals surface area contributed by atoms with Crippen LogP contribution in [0.25, 0.3) is 40.0 Å². The van der Waals surface area contributed by atoms with Crippen LogP contribution in [0.2, 0.25) is 5.02 Å². The molecule has 3 heterocycles. The lowest BCUT2D eigenvalue weighted by molar-refractivity contribution is -0.115. The molecule has 2 aromatic carbocycles. The Morgan fingerprint density at radius 3 is 2.64 bits per heavy atom. The predicted octanol–water partition coefficient (Wildman–Crippen LogP) is 6.64. The number of nitrogens with one attached hydrogen (secondary N) is 2. The second kappa shape index (κ2) is 10.2. The number of amides is 1. The van der Waals surface area contributed by atoms with E-state index >= 15 is 0 Å². The zero-order valence-corrected chi connectivity index (χ0v) is 20.6. The van der Waals surface area contributed by atoms with E-state index in [9.17, 15) is 4.79 Å². The molecule has 178 valence electrons. The molecule has 2 N–H and O–H groups in total. The third kappa shape index (κ3) is 5.35. The summed E-state index contributed by atoms with van der Waals surface area (Å²) in [6, 6.07) is 18.3. The van der Waals surface area contributed by atoms with Crippen molar-refractivity contribution in [2.45, 2.75) is 6.92 Å². The smallest absolute Gasteiger partial charge is 0.250 e. The van der Waals surface area contributed by atoms with Crippen molar-refractivity contribution < 1.29 is 13.6 Å². The maximum absolute atomic E-state index is 12.3. The zero-order chi connectivity index (χ0) is 25.1. The number of anilines is 1. The van der Waals surface area contributed by atoms with Crippen LogP contribution >= 0.6 is 23.8 Å². The average Bonchev–Trinajstić information content (AvgIpc) is 3.52. The van der Waals surface area contributed by atoms with Gasteiger partial charge in [0, 0.05) is 40.3 Å². The first kappa shape index (κ1) is 23.5. The molecular formula is C27H19ClN4O3S. The fourth-order valence-electron chi connectivity index (χ4n) is 3.44. The number of nitrogens with zero attached hydrogens (tertiary/aromatic N) is 2. The molecule has 0 fully saturated rings. The summed E-state index contributed by atoms with van der Waals surface area (Å²) in [5.41, 5.74) is 4.64. The Kier molecular flexibility index (Phi) is 6.62. The number of pyridine rings is 1. The first-order valence-electron chi connectivity index (χ1n) is 10.9. The van der Waals surface area contributed by atoms with E-state index in [4.69, 9.17) is 32.7 Å². The number of thiocarbonyl (C=S) groups is 1. The van der Waals surface area contributed by atoms with Gasteiger partial charge in [-0.3, -0.25) is 15.1 Å². The van der Waals surface area contributed by atoms with Crippen LogP contribution in [0.3, 0.4) is 0 Å². The van der Waals surface area contributed by atoms with Crippen molar-refractivity contribution in [1.82, 2.24) is 15.3 Å². The molecule has 0 aliphatic carbocycles. The lowest BCUT2D eigenvalue weighted by Crippen LogP contribution is -2.32. The van der Waals surface area contributed by atoms with Crippen molar-refractivity contribution in [3.05, 3.63) is 95.5 Å². The first-order valence-corrected chi connectivity index (χ1v) is 11.7. The lowest BCUT2D eigenvalue weighted by Gasteiger charge is -2.07. The molecule has 0 saturated heterocycles. The lowest BCUT2D eigenvalue weighted by atomic mass is 10.1. The van der Waals surface area contributed by atoms with Crippen LogP contribution < -0.4 is 10.6 Å². The highest BCUT2D eigenvalue weighted by Crippen LogP contribution is 2.28. The number of aromatic nitrogens is 2. The number of aryl methyl sites for hydroxylation is 1. The van der Waals surface area contributed by atoms with Gasteiger partial charge >= 0.3 is 0 Å². The summed E-state index contributed by atoms with van der Waals surface area (Å²) in [7, 11) is 0. The molecule has 36 heavy (non-hydrogen) atoms. The van der Waals surface area contributed by atoms with E-state index in [1.165, 1.54) is 6.08 Å². The van der Waals surface area contributed by atoms with Crippen LogP contribution in [0.1, 0.15) is 11.3 Å². The number of furan rings is 1. The number of oxazole rings is 1.